The monoisotopic (exact) mass is 400 g/mol. The first kappa shape index (κ1) is 13.6. The Hall–Kier alpha value is -0.0600. The highest BCUT2D eigenvalue weighted by Crippen LogP contribution is 2.63. The van der Waals surface area contributed by atoms with Crippen LogP contribution in [-0.4, -0.2) is 17.0 Å². The Kier molecular flexibility index (Phi) is 2.88. The van der Waals surface area contributed by atoms with E-state index in [-0.39, 0.29) is 17.1 Å². The van der Waals surface area contributed by atoms with Crippen LogP contribution in [0.1, 0.15) is 38.4 Å². The SMILES string of the molecule is CC1(C)[C@@H](Br)CC[C@]23CO[C@H](c4cc(Br)ccc4O2)[C@@H]13. The van der Waals surface area contributed by atoms with Crippen molar-refractivity contribution in [1.29, 1.82) is 0 Å². The zero-order valence-electron chi connectivity index (χ0n) is 11.7. The van der Waals surface area contributed by atoms with Crippen LogP contribution < -0.4 is 4.74 Å². The molecule has 3 aliphatic rings. The second-order valence-corrected chi connectivity index (χ2v) is 8.91. The Morgan fingerprint density at radius 3 is 2.90 bits per heavy atom. The molecule has 1 saturated heterocycles. The van der Waals surface area contributed by atoms with Crippen LogP contribution in [0.2, 0.25) is 0 Å². The lowest BCUT2D eigenvalue weighted by Crippen LogP contribution is -2.57. The van der Waals surface area contributed by atoms with Crippen LogP contribution in [0.3, 0.4) is 0 Å². The Morgan fingerprint density at radius 1 is 1.30 bits per heavy atom. The van der Waals surface area contributed by atoms with E-state index < -0.39 is 0 Å². The lowest BCUT2D eigenvalue weighted by Gasteiger charge is -2.53. The van der Waals surface area contributed by atoms with Gasteiger partial charge in [0.2, 0.25) is 0 Å². The van der Waals surface area contributed by atoms with Crippen molar-refractivity contribution in [2.45, 2.75) is 43.2 Å². The lowest BCUT2D eigenvalue weighted by molar-refractivity contribution is -0.0678. The molecule has 4 heteroatoms. The minimum Gasteiger partial charge on any atom is -0.484 e. The van der Waals surface area contributed by atoms with Crippen LogP contribution in [0.15, 0.2) is 22.7 Å². The van der Waals surface area contributed by atoms with E-state index in [0.717, 1.165) is 29.7 Å². The molecule has 2 heterocycles. The highest BCUT2D eigenvalue weighted by molar-refractivity contribution is 9.10. The summed E-state index contributed by atoms with van der Waals surface area (Å²) in [5.41, 5.74) is 1.24. The van der Waals surface area contributed by atoms with Crippen molar-refractivity contribution >= 4 is 31.9 Å². The molecule has 1 saturated carbocycles. The number of ether oxygens (including phenoxy) is 2. The second kappa shape index (κ2) is 4.23. The van der Waals surface area contributed by atoms with Gasteiger partial charge in [0.05, 0.1) is 12.7 Å². The number of alkyl halides is 1. The molecular formula is C16H18Br2O2. The minimum atomic E-state index is -0.126. The molecular weight excluding hydrogens is 384 g/mol. The average Bonchev–Trinajstić information content (AvgIpc) is 2.71. The average molecular weight is 402 g/mol. The molecule has 0 N–H and O–H groups in total. The van der Waals surface area contributed by atoms with Gasteiger partial charge in [0.25, 0.3) is 0 Å². The van der Waals surface area contributed by atoms with Gasteiger partial charge in [-0.1, -0.05) is 45.7 Å². The number of fused-ring (bicyclic) bond motifs is 2. The lowest BCUT2D eigenvalue weighted by atomic mass is 9.59. The van der Waals surface area contributed by atoms with E-state index in [1.807, 2.05) is 0 Å². The summed E-state index contributed by atoms with van der Waals surface area (Å²) in [6.07, 6.45) is 2.38. The van der Waals surface area contributed by atoms with E-state index in [2.05, 4.69) is 63.9 Å². The summed E-state index contributed by atoms with van der Waals surface area (Å²) in [4.78, 5) is 0.523. The van der Waals surface area contributed by atoms with Gasteiger partial charge in [-0.15, -0.1) is 0 Å². The van der Waals surface area contributed by atoms with Gasteiger partial charge in [0, 0.05) is 20.8 Å². The number of benzene rings is 1. The van der Waals surface area contributed by atoms with Crippen molar-refractivity contribution in [3.63, 3.8) is 0 Å². The van der Waals surface area contributed by atoms with Gasteiger partial charge < -0.3 is 9.47 Å². The molecule has 0 amide bonds. The third-order valence-corrected chi connectivity index (χ3v) is 7.53. The number of hydrogen-bond donors (Lipinski definition) is 0. The van der Waals surface area contributed by atoms with Crippen molar-refractivity contribution in [3.8, 4) is 5.75 Å². The van der Waals surface area contributed by atoms with E-state index >= 15 is 0 Å². The molecule has 0 unspecified atom stereocenters. The first-order valence-electron chi connectivity index (χ1n) is 7.18. The highest BCUT2D eigenvalue weighted by atomic mass is 79.9. The molecule has 0 spiro atoms. The predicted octanol–water partition coefficient (Wildman–Crippen LogP) is 4.85. The highest BCUT2D eigenvalue weighted by Gasteiger charge is 2.64. The summed E-state index contributed by atoms with van der Waals surface area (Å²) in [5.74, 6) is 1.42. The molecule has 1 aromatic rings. The molecule has 4 atom stereocenters. The smallest absolute Gasteiger partial charge is 0.138 e. The Morgan fingerprint density at radius 2 is 2.10 bits per heavy atom. The van der Waals surface area contributed by atoms with E-state index in [4.69, 9.17) is 9.47 Å². The molecule has 4 rings (SSSR count). The van der Waals surface area contributed by atoms with Gasteiger partial charge in [-0.3, -0.25) is 0 Å². The largest absolute Gasteiger partial charge is 0.484 e. The van der Waals surface area contributed by atoms with Crippen molar-refractivity contribution < 1.29 is 9.47 Å². The molecule has 108 valence electrons. The molecule has 2 fully saturated rings. The zero-order valence-corrected chi connectivity index (χ0v) is 14.8. The zero-order chi connectivity index (χ0) is 14.1. The van der Waals surface area contributed by atoms with E-state index in [1.165, 1.54) is 5.56 Å². The van der Waals surface area contributed by atoms with Gasteiger partial charge in [-0.05, 0) is 36.5 Å². The molecule has 1 aromatic carbocycles. The first-order valence-corrected chi connectivity index (χ1v) is 8.89. The van der Waals surface area contributed by atoms with Gasteiger partial charge >= 0.3 is 0 Å². The van der Waals surface area contributed by atoms with Gasteiger partial charge in [-0.25, -0.2) is 0 Å². The number of hydrogen-bond acceptors (Lipinski definition) is 2. The summed E-state index contributed by atoms with van der Waals surface area (Å²) in [6.45, 7) is 5.41. The van der Waals surface area contributed by atoms with Crippen LogP contribution in [0.4, 0.5) is 0 Å². The van der Waals surface area contributed by atoms with Crippen LogP contribution in [0.25, 0.3) is 0 Å². The fourth-order valence-corrected chi connectivity index (χ4v) is 5.29. The Labute approximate surface area is 136 Å². The molecule has 2 aliphatic heterocycles. The summed E-state index contributed by atoms with van der Waals surface area (Å²) < 4.78 is 13.8. The predicted molar refractivity (Wildman–Crippen MR) is 85.4 cm³/mol. The van der Waals surface area contributed by atoms with E-state index in [1.54, 1.807) is 0 Å². The molecule has 20 heavy (non-hydrogen) atoms. The summed E-state index contributed by atoms with van der Waals surface area (Å²) in [5, 5.41) is 0. The van der Waals surface area contributed by atoms with Gasteiger partial charge in [0.1, 0.15) is 11.4 Å². The fourth-order valence-electron chi connectivity index (χ4n) is 4.39. The van der Waals surface area contributed by atoms with Crippen LogP contribution in [0, 0.1) is 11.3 Å². The Bertz CT molecular complexity index is 572. The van der Waals surface area contributed by atoms with Crippen LogP contribution in [-0.2, 0) is 4.74 Å². The minimum absolute atomic E-state index is 0.126. The van der Waals surface area contributed by atoms with Gasteiger partial charge in [0.15, 0.2) is 0 Å². The van der Waals surface area contributed by atoms with Crippen molar-refractivity contribution in [1.82, 2.24) is 0 Å². The van der Waals surface area contributed by atoms with Crippen molar-refractivity contribution in [2.24, 2.45) is 11.3 Å². The maximum Gasteiger partial charge on any atom is 0.138 e. The third-order valence-electron chi connectivity index (χ3n) is 5.40. The van der Waals surface area contributed by atoms with Crippen LogP contribution >= 0.6 is 31.9 Å². The first-order chi connectivity index (χ1) is 9.44. The number of halogens is 2. The molecule has 0 radical (unpaired) electrons. The Balaban J connectivity index is 1.88. The van der Waals surface area contributed by atoms with E-state index in [9.17, 15) is 0 Å². The number of rotatable bonds is 0. The summed E-state index contributed by atoms with van der Waals surface area (Å²) in [7, 11) is 0. The van der Waals surface area contributed by atoms with Gasteiger partial charge in [-0.2, -0.15) is 0 Å². The van der Waals surface area contributed by atoms with Crippen molar-refractivity contribution in [3.05, 3.63) is 28.2 Å². The topological polar surface area (TPSA) is 18.5 Å². The van der Waals surface area contributed by atoms with Crippen LogP contribution in [0.5, 0.6) is 5.75 Å². The quantitative estimate of drug-likeness (QED) is 0.578. The van der Waals surface area contributed by atoms with E-state index in [0.29, 0.717) is 10.7 Å². The third kappa shape index (κ3) is 1.65. The molecule has 1 aliphatic carbocycles. The molecule has 2 bridgehead atoms. The molecule has 2 nitrogen and oxygen atoms in total. The maximum atomic E-state index is 6.49. The normalized spacial score (nSPS) is 40.7. The second-order valence-electron chi connectivity index (χ2n) is 6.89. The van der Waals surface area contributed by atoms with Crippen molar-refractivity contribution in [2.75, 3.05) is 6.61 Å². The maximum absolute atomic E-state index is 6.49. The summed E-state index contributed by atoms with van der Waals surface area (Å²) >= 11 is 7.45. The summed E-state index contributed by atoms with van der Waals surface area (Å²) in [6, 6.07) is 6.28. The standard InChI is InChI=1S/C16H18Br2O2/c1-15(2)12(18)5-6-16-8-19-13(14(15)16)10-7-9(17)3-4-11(10)20-16/h3-4,7,12-14H,5-6,8H2,1-2H3/t12-,13+,14-,16+/m0/s1. The fraction of sp³-hybridized carbons (Fsp3) is 0.625. The molecule has 0 aromatic heterocycles.